The van der Waals surface area contributed by atoms with Crippen molar-refractivity contribution in [3.8, 4) is 0 Å². The third kappa shape index (κ3) is 4.02. The lowest BCUT2D eigenvalue weighted by atomic mass is 10.2. The molecule has 0 saturated heterocycles. The number of amides is 1. The number of para-hydroxylation sites is 1. The Balaban J connectivity index is 1.66. The smallest absolute Gasteiger partial charge is 0.359 e. The summed E-state index contributed by atoms with van der Waals surface area (Å²) in [6.07, 6.45) is 0. The molecule has 0 saturated carbocycles. The number of rotatable bonds is 6. The molecule has 0 radical (unpaired) electrons. The number of aromatic amines is 1. The average Bonchev–Trinajstić information content (AvgIpc) is 3.11. The highest BCUT2D eigenvalue weighted by Gasteiger charge is 2.18. The van der Waals surface area contributed by atoms with Gasteiger partial charge in [0.25, 0.3) is 5.91 Å². The SMILES string of the molecule is CNS(=O)(=O)c1cc(NC(=O)COC(=O)c2n[nH]c3ccccc23)ccc1C. The summed E-state index contributed by atoms with van der Waals surface area (Å²) in [6.45, 7) is 1.10. The van der Waals surface area contributed by atoms with Gasteiger partial charge in [0.1, 0.15) is 0 Å². The lowest BCUT2D eigenvalue weighted by Crippen LogP contribution is -2.22. The van der Waals surface area contributed by atoms with E-state index in [9.17, 15) is 18.0 Å². The predicted molar refractivity (Wildman–Crippen MR) is 102 cm³/mol. The predicted octanol–water partition coefficient (Wildman–Crippen LogP) is 1.57. The van der Waals surface area contributed by atoms with Crippen molar-refractivity contribution in [3.05, 3.63) is 53.7 Å². The number of hydrogen-bond donors (Lipinski definition) is 3. The number of benzene rings is 2. The Bertz CT molecular complexity index is 1150. The standard InChI is InChI=1S/C18H18N4O5S/c1-11-7-8-12(9-15(11)28(25,26)19-2)20-16(23)10-27-18(24)17-13-5-3-4-6-14(13)21-22-17/h3-9,19H,10H2,1-2H3,(H,20,23)(H,21,22). The van der Waals surface area contributed by atoms with Crippen molar-refractivity contribution in [2.75, 3.05) is 19.0 Å². The lowest BCUT2D eigenvalue weighted by Gasteiger charge is -2.10. The van der Waals surface area contributed by atoms with Gasteiger partial charge >= 0.3 is 5.97 Å². The average molecular weight is 402 g/mol. The summed E-state index contributed by atoms with van der Waals surface area (Å²) in [5.74, 6) is -1.35. The van der Waals surface area contributed by atoms with E-state index >= 15 is 0 Å². The Morgan fingerprint density at radius 1 is 1.18 bits per heavy atom. The number of carbonyl (C=O) groups excluding carboxylic acids is 2. The molecule has 0 fully saturated rings. The highest BCUT2D eigenvalue weighted by molar-refractivity contribution is 7.89. The molecule has 3 rings (SSSR count). The molecule has 0 aliphatic rings. The molecular weight excluding hydrogens is 384 g/mol. The van der Waals surface area contributed by atoms with Gasteiger partial charge in [-0.2, -0.15) is 5.10 Å². The zero-order valence-corrected chi connectivity index (χ0v) is 16.0. The number of carbonyl (C=O) groups is 2. The number of sulfonamides is 1. The van der Waals surface area contributed by atoms with Gasteiger partial charge in [-0.05, 0) is 37.7 Å². The molecule has 0 atom stereocenters. The van der Waals surface area contributed by atoms with Crippen molar-refractivity contribution in [1.82, 2.24) is 14.9 Å². The van der Waals surface area contributed by atoms with Crippen LogP contribution in [0.2, 0.25) is 0 Å². The molecule has 0 bridgehead atoms. The number of fused-ring (bicyclic) bond motifs is 1. The Morgan fingerprint density at radius 3 is 2.68 bits per heavy atom. The van der Waals surface area contributed by atoms with E-state index < -0.39 is 28.5 Å². The fraction of sp³-hybridized carbons (Fsp3) is 0.167. The van der Waals surface area contributed by atoms with Crippen LogP contribution in [-0.4, -0.2) is 44.1 Å². The quantitative estimate of drug-likeness (QED) is 0.537. The number of hydrogen-bond acceptors (Lipinski definition) is 6. The number of aryl methyl sites for hydroxylation is 1. The van der Waals surface area contributed by atoms with Gasteiger partial charge in [0.2, 0.25) is 10.0 Å². The second-order valence-corrected chi connectivity index (χ2v) is 7.78. The van der Waals surface area contributed by atoms with E-state index in [0.29, 0.717) is 16.5 Å². The Kier molecular flexibility index (Phi) is 5.43. The number of H-pyrrole nitrogens is 1. The molecule has 3 N–H and O–H groups in total. The fourth-order valence-corrected chi connectivity index (χ4v) is 3.59. The van der Waals surface area contributed by atoms with Gasteiger partial charge in [0, 0.05) is 11.1 Å². The summed E-state index contributed by atoms with van der Waals surface area (Å²) < 4.78 is 31.3. The van der Waals surface area contributed by atoms with Crippen LogP contribution in [0, 0.1) is 6.92 Å². The highest BCUT2D eigenvalue weighted by Crippen LogP contribution is 2.20. The van der Waals surface area contributed by atoms with Crippen molar-refractivity contribution >= 4 is 38.5 Å². The number of aromatic nitrogens is 2. The molecule has 1 aromatic heterocycles. The van der Waals surface area contributed by atoms with Gasteiger partial charge in [-0.1, -0.05) is 24.3 Å². The van der Waals surface area contributed by atoms with Crippen LogP contribution in [-0.2, 0) is 19.6 Å². The lowest BCUT2D eigenvalue weighted by molar-refractivity contribution is -0.119. The Morgan fingerprint density at radius 2 is 1.93 bits per heavy atom. The Hall–Kier alpha value is -3.24. The summed E-state index contributed by atoms with van der Waals surface area (Å²) in [5.41, 5.74) is 1.56. The molecule has 10 heteroatoms. The second kappa shape index (κ2) is 7.79. The first-order valence-corrected chi connectivity index (χ1v) is 9.74. The largest absolute Gasteiger partial charge is 0.451 e. The molecule has 1 heterocycles. The topological polar surface area (TPSA) is 130 Å². The molecule has 146 valence electrons. The molecule has 3 aromatic rings. The van der Waals surface area contributed by atoms with Gasteiger partial charge < -0.3 is 10.1 Å². The maximum absolute atomic E-state index is 12.2. The molecule has 1 amide bonds. The minimum Gasteiger partial charge on any atom is -0.451 e. The van der Waals surface area contributed by atoms with Crippen LogP contribution >= 0.6 is 0 Å². The minimum atomic E-state index is -3.66. The van der Waals surface area contributed by atoms with Gasteiger partial charge in [0.05, 0.1) is 10.4 Å². The van der Waals surface area contributed by atoms with Crippen LogP contribution in [0.15, 0.2) is 47.4 Å². The van der Waals surface area contributed by atoms with Crippen LogP contribution < -0.4 is 10.0 Å². The van der Waals surface area contributed by atoms with Crippen molar-refractivity contribution in [3.63, 3.8) is 0 Å². The minimum absolute atomic E-state index is 0.0489. The highest BCUT2D eigenvalue weighted by atomic mass is 32.2. The van der Waals surface area contributed by atoms with Crippen LogP contribution in [0.25, 0.3) is 10.9 Å². The van der Waals surface area contributed by atoms with Crippen molar-refractivity contribution < 1.29 is 22.7 Å². The molecule has 0 spiro atoms. The molecule has 0 aliphatic heterocycles. The first kappa shape index (κ1) is 19.5. The van der Waals surface area contributed by atoms with Gasteiger partial charge in [-0.3, -0.25) is 9.89 Å². The van der Waals surface area contributed by atoms with Crippen molar-refractivity contribution in [2.24, 2.45) is 0 Å². The number of esters is 1. The first-order valence-electron chi connectivity index (χ1n) is 8.26. The zero-order valence-electron chi connectivity index (χ0n) is 15.1. The first-order chi connectivity index (χ1) is 13.3. The molecule has 0 unspecified atom stereocenters. The maximum Gasteiger partial charge on any atom is 0.359 e. The van der Waals surface area contributed by atoms with Crippen molar-refractivity contribution in [1.29, 1.82) is 0 Å². The summed E-state index contributed by atoms with van der Waals surface area (Å²) in [6, 6.07) is 11.5. The molecular formula is C18H18N4O5S. The number of ether oxygens (including phenoxy) is 1. The maximum atomic E-state index is 12.2. The van der Waals surface area contributed by atoms with Crippen LogP contribution in [0.5, 0.6) is 0 Å². The second-order valence-electron chi connectivity index (χ2n) is 5.93. The van der Waals surface area contributed by atoms with Crippen LogP contribution in [0.4, 0.5) is 5.69 Å². The van der Waals surface area contributed by atoms with E-state index in [0.717, 1.165) is 0 Å². The normalized spacial score (nSPS) is 11.4. The molecule has 2 aromatic carbocycles. The van der Waals surface area contributed by atoms with Gasteiger partial charge in [-0.25, -0.2) is 17.9 Å². The van der Waals surface area contributed by atoms with Gasteiger partial charge in [-0.15, -0.1) is 0 Å². The third-order valence-electron chi connectivity index (χ3n) is 4.03. The third-order valence-corrected chi connectivity index (χ3v) is 5.58. The Labute approximate surface area is 161 Å². The van der Waals surface area contributed by atoms with E-state index in [1.54, 1.807) is 43.3 Å². The van der Waals surface area contributed by atoms with Crippen LogP contribution in [0.1, 0.15) is 16.1 Å². The van der Waals surface area contributed by atoms with E-state index in [4.69, 9.17) is 4.74 Å². The molecule has 28 heavy (non-hydrogen) atoms. The summed E-state index contributed by atoms with van der Waals surface area (Å²) in [7, 11) is -2.36. The van der Waals surface area contributed by atoms with E-state index in [2.05, 4.69) is 20.2 Å². The van der Waals surface area contributed by atoms with Crippen LogP contribution in [0.3, 0.4) is 0 Å². The number of nitrogens with one attached hydrogen (secondary N) is 3. The summed E-state index contributed by atoms with van der Waals surface area (Å²) in [4.78, 5) is 24.3. The summed E-state index contributed by atoms with van der Waals surface area (Å²) >= 11 is 0. The molecule has 9 nitrogen and oxygen atoms in total. The molecule has 0 aliphatic carbocycles. The van der Waals surface area contributed by atoms with E-state index in [1.807, 2.05) is 0 Å². The zero-order chi connectivity index (χ0) is 20.3. The number of nitrogens with zero attached hydrogens (tertiary/aromatic N) is 1. The fourth-order valence-electron chi connectivity index (χ4n) is 2.59. The van der Waals surface area contributed by atoms with E-state index in [1.165, 1.54) is 13.1 Å². The number of anilines is 1. The van der Waals surface area contributed by atoms with Crippen molar-refractivity contribution in [2.45, 2.75) is 11.8 Å². The summed E-state index contributed by atoms with van der Waals surface area (Å²) in [5, 5.41) is 9.72. The van der Waals surface area contributed by atoms with E-state index in [-0.39, 0.29) is 16.3 Å². The monoisotopic (exact) mass is 402 g/mol. The van der Waals surface area contributed by atoms with Gasteiger partial charge in [0.15, 0.2) is 12.3 Å².